The zero-order chi connectivity index (χ0) is 9.42. The Morgan fingerprint density at radius 3 is 2.92 bits per heavy atom. The number of carbonyl (C=O) groups is 1. The van der Waals surface area contributed by atoms with Crippen molar-refractivity contribution in [3.8, 4) is 0 Å². The SMILES string of the molecule is Cc1ccc2c(c1)C(=O)/C(=C\O)C2. The monoisotopic (exact) mass is 174 g/mol. The molecule has 66 valence electrons. The van der Waals surface area contributed by atoms with Gasteiger partial charge in [-0.1, -0.05) is 17.7 Å². The van der Waals surface area contributed by atoms with E-state index in [0.717, 1.165) is 23.0 Å². The van der Waals surface area contributed by atoms with Gasteiger partial charge in [-0.3, -0.25) is 4.79 Å². The van der Waals surface area contributed by atoms with Crippen molar-refractivity contribution in [1.82, 2.24) is 0 Å². The predicted molar refractivity (Wildman–Crippen MR) is 49.9 cm³/mol. The summed E-state index contributed by atoms with van der Waals surface area (Å²) in [5.74, 6) is -0.0406. The summed E-state index contributed by atoms with van der Waals surface area (Å²) in [7, 11) is 0. The molecule has 0 aromatic heterocycles. The van der Waals surface area contributed by atoms with E-state index >= 15 is 0 Å². The fourth-order valence-corrected chi connectivity index (χ4v) is 1.62. The van der Waals surface area contributed by atoms with Crippen LogP contribution in [0.15, 0.2) is 30.0 Å². The number of hydrogen-bond donors (Lipinski definition) is 1. The Hall–Kier alpha value is -1.57. The van der Waals surface area contributed by atoms with Crippen LogP contribution in [-0.2, 0) is 6.42 Å². The molecule has 0 spiro atoms. The predicted octanol–water partition coefficient (Wildman–Crippen LogP) is 2.18. The number of aliphatic hydroxyl groups is 1. The van der Waals surface area contributed by atoms with E-state index in [0.29, 0.717) is 12.0 Å². The molecular weight excluding hydrogens is 164 g/mol. The highest BCUT2D eigenvalue weighted by Gasteiger charge is 2.24. The molecule has 0 radical (unpaired) electrons. The molecule has 13 heavy (non-hydrogen) atoms. The van der Waals surface area contributed by atoms with Gasteiger partial charge in [-0.25, -0.2) is 0 Å². The maximum atomic E-state index is 11.6. The molecule has 0 atom stereocenters. The molecule has 1 N–H and O–H groups in total. The maximum Gasteiger partial charge on any atom is 0.192 e. The average Bonchev–Trinajstić information content (AvgIpc) is 2.44. The van der Waals surface area contributed by atoms with Crippen molar-refractivity contribution in [3.05, 3.63) is 46.7 Å². The molecule has 2 heteroatoms. The third kappa shape index (κ3) is 1.15. The second-order valence-corrected chi connectivity index (χ2v) is 3.32. The summed E-state index contributed by atoms with van der Waals surface area (Å²) in [5.41, 5.74) is 3.31. The van der Waals surface area contributed by atoms with Gasteiger partial charge >= 0.3 is 0 Å². The van der Waals surface area contributed by atoms with Crippen LogP contribution in [0.4, 0.5) is 0 Å². The number of aliphatic hydroxyl groups excluding tert-OH is 1. The molecule has 0 heterocycles. The molecule has 1 aliphatic rings. The molecule has 0 unspecified atom stereocenters. The summed E-state index contributed by atoms with van der Waals surface area (Å²) in [6.07, 6.45) is 1.47. The molecule has 0 aliphatic heterocycles. The minimum absolute atomic E-state index is 0.0406. The largest absolute Gasteiger partial charge is 0.515 e. The van der Waals surface area contributed by atoms with Gasteiger partial charge < -0.3 is 5.11 Å². The highest BCUT2D eigenvalue weighted by molar-refractivity contribution is 6.13. The molecule has 0 saturated carbocycles. The van der Waals surface area contributed by atoms with E-state index in [9.17, 15) is 4.79 Å². The van der Waals surface area contributed by atoms with Crippen LogP contribution in [0.1, 0.15) is 21.5 Å². The number of allylic oxidation sites excluding steroid dienone is 1. The third-order valence-corrected chi connectivity index (χ3v) is 2.34. The van der Waals surface area contributed by atoms with Crippen LogP contribution in [-0.4, -0.2) is 10.9 Å². The standard InChI is InChI=1S/C11H10O2/c1-7-2-3-8-5-9(6-12)11(13)10(8)4-7/h2-4,6,12H,5H2,1H3/b9-6-. The van der Waals surface area contributed by atoms with Gasteiger partial charge in [0.25, 0.3) is 0 Å². The Morgan fingerprint density at radius 1 is 1.46 bits per heavy atom. The first kappa shape index (κ1) is 8.05. The minimum Gasteiger partial charge on any atom is -0.515 e. The number of rotatable bonds is 0. The van der Waals surface area contributed by atoms with Crippen LogP contribution in [0.5, 0.6) is 0 Å². The molecule has 1 aromatic rings. The van der Waals surface area contributed by atoms with Crippen molar-refractivity contribution < 1.29 is 9.90 Å². The lowest BCUT2D eigenvalue weighted by Gasteiger charge is -1.96. The van der Waals surface area contributed by atoms with E-state index < -0.39 is 0 Å². The van der Waals surface area contributed by atoms with Gasteiger partial charge in [-0.15, -0.1) is 0 Å². The highest BCUT2D eigenvalue weighted by atomic mass is 16.2. The Morgan fingerprint density at radius 2 is 2.23 bits per heavy atom. The van der Waals surface area contributed by atoms with E-state index in [2.05, 4.69) is 0 Å². The van der Waals surface area contributed by atoms with Crippen LogP contribution in [0, 0.1) is 6.92 Å². The quantitative estimate of drug-likeness (QED) is 0.483. The van der Waals surface area contributed by atoms with E-state index in [1.807, 2.05) is 25.1 Å². The number of ketones is 1. The molecule has 1 aromatic carbocycles. The van der Waals surface area contributed by atoms with Gasteiger partial charge in [0, 0.05) is 17.6 Å². The summed E-state index contributed by atoms with van der Waals surface area (Å²) in [5, 5.41) is 8.80. The second-order valence-electron chi connectivity index (χ2n) is 3.32. The van der Waals surface area contributed by atoms with E-state index in [4.69, 9.17) is 5.11 Å². The number of benzene rings is 1. The number of aryl methyl sites for hydroxylation is 1. The normalized spacial score (nSPS) is 17.9. The van der Waals surface area contributed by atoms with Crippen molar-refractivity contribution in [1.29, 1.82) is 0 Å². The molecule has 1 aliphatic carbocycles. The van der Waals surface area contributed by atoms with Crippen molar-refractivity contribution in [2.45, 2.75) is 13.3 Å². The van der Waals surface area contributed by atoms with Crippen LogP contribution >= 0.6 is 0 Å². The first-order chi connectivity index (χ1) is 6.22. The molecule has 0 amide bonds. The zero-order valence-electron chi connectivity index (χ0n) is 7.37. The summed E-state index contributed by atoms with van der Waals surface area (Å²) in [6, 6.07) is 5.79. The van der Waals surface area contributed by atoms with Gasteiger partial charge in [0.2, 0.25) is 0 Å². The van der Waals surface area contributed by atoms with Crippen LogP contribution in [0.3, 0.4) is 0 Å². The third-order valence-electron chi connectivity index (χ3n) is 2.34. The van der Waals surface area contributed by atoms with Crippen LogP contribution in [0.2, 0.25) is 0 Å². The minimum atomic E-state index is -0.0406. The van der Waals surface area contributed by atoms with Crippen molar-refractivity contribution in [3.63, 3.8) is 0 Å². The molecule has 0 saturated heterocycles. The Bertz CT molecular complexity index is 403. The second kappa shape index (κ2) is 2.73. The smallest absolute Gasteiger partial charge is 0.192 e. The van der Waals surface area contributed by atoms with E-state index in [-0.39, 0.29) is 5.78 Å². The maximum absolute atomic E-state index is 11.6. The summed E-state index contributed by atoms with van der Waals surface area (Å²) >= 11 is 0. The van der Waals surface area contributed by atoms with Crippen molar-refractivity contribution in [2.75, 3.05) is 0 Å². The number of carbonyl (C=O) groups excluding carboxylic acids is 1. The van der Waals surface area contributed by atoms with E-state index in [1.54, 1.807) is 0 Å². The molecule has 0 bridgehead atoms. The van der Waals surface area contributed by atoms with Crippen LogP contribution in [0.25, 0.3) is 0 Å². The number of hydrogen-bond acceptors (Lipinski definition) is 2. The Kier molecular flexibility index (Phi) is 1.69. The lowest BCUT2D eigenvalue weighted by atomic mass is 10.1. The summed E-state index contributed by atoms with van der Waals surface area (Å²) in [6.45, 7) is 1.95. The molecule has 0 fully saturated rings. The van der Waals surface area contributed by atoms with Gasteiger partial charge in [-0.05, 0) is 18.6 Å². The number of fused-ring (bicyclic) bond motifs is 1. The lowest BCUT2D eigenvalue weighted by Crippen LogP contribution is -1.95. The van der Waals surface area contributed by atoms with Gasteiger partial charge in [-0.2, -0.15) is 0 Å². The topological polar surface area (TPSA) is 37.3 Å². The lowest BCUT2D eigenvalue weighted by molar-refractivity contribution is 0.103. The van der Waals surface area contributed by atoms with Crippen molar-refractivity contribution in [2.24, 2.45) is 0 Å². The van der Waals surface area contributed by atoms with Gasteiger partial charge in [0.1, 0.15) is 0 Å². The summed E-state index contributed by atoms with van der Waals surface area (Å²) < 4.78 is 0. The summed E-state index contributed by atoms with van der Waals surface area (Å²) in [4.78, 5) is 11.6. The molecular formula is C11H10O2. The van der Waals surface area contributed by atoms with E-state index in [1.165, 1.54) is 0 Å². The first-order valence-corrected chi connectivity index (χ1v) is 4.20. The first-order valence-electron chi connectivity index (χ1n) is 4.20. The van der Waals surface area contributed by atoms with Crippen molar-refractivity contribution >= 4 is 5.78 Å². The van der Waals surface area contributed by atoms with Crippen LogP contribution < -0.4 is 0 Å². The van der Waals surface area contributed by atoms with Gasteiger partial charge in [0.05, 0.1) is 6.26 Å². The molecule has 2 rings (SSSR count). The zero-order valence-corrected chi connectivity index (χ0v) is 7.37. The molecule has 2 nitrogen and oxygen atoms in total. The average molecular weight is 174 g/mol. The fourth-order valence-electron chi connectivity index (χ4n) is 1.62. The fraction of sp³-hybridized carbons (Fsp3) is 0.182. The number of Topliss-reactive ketones (excluding diaryl/α,β-unsaturated/α-hetero) is 1. The Balaban J connectivity index is 2.57. The highest BCUT2D eigenvalue weighted by Crippen LogP contribution is 2.26. The van der Waals surface area contributed by atoms with Gasteiger partial charge in [0.15, 0.2) is 5.78 Å². The Labute approximate surface area is 76.5 Å².